The fourth-order valence-electron chi connectivity index (χ4n) is 3.61. The molecule has 1 aliphatic heterocycles. The highest BCUT2D eigenvalue weighted by molar-refractivity contribution is 7.18. The smallest absolute Gasteiger partial charge is 0.341 e. The Labute approximate surface area is 191 Å². The van der Waals surface area contributed by atoms with E-state index in [-0.39, 0.29) is 22.1 Å². The summed E-state index contributed by atoms with van der Waals surface area (Å²) in [5, 5.41) is 3.32. The maximum atomic E-state index is 14.2. The van der Waals surface area contributed by atoms with Gasteiger partial charge in [-0.05, 0) is 45.0 Å². The number of amides is 1. The Bertz CT molecular complexity index is 1190. The Balaban J connectivity index is 1.68. The van der Waals surface area contributed by atoms with Crippen molar-refractivity contribution in [1.82, 2.24) is 9.88 Å². The van der Waals surface area contributed by atoms with Crippen molar-refractivity contribution in [2.24, 2.45) is 0 Å². The number of carbonyl (C=O) groups is 2. The van der Waals surface area contributed by atoms with Crippen molar-refractivity contribution in [3.63, 3.8) is 0 Å². The minimum atomic E-state index is -0.745. The van der Waals surface area contributed by atoms with Crippen LogP contribution in [0.3, 0.4) is 0 Å². The number of nitrogens with one attached hydrogen (secondary N) is 1. The van der Waals surface area contributed by atoms with Gasteiger partial charge in [-0.25, -0.2) is 18.6 Å². The van der Waals surface area contributed by atoms with E-state index in [9.17, 15) is 18.4 Å². The molecule has 2 aromatic heterocycles. The van der Waals surface area contributed by atoms with Gasteiger partial charge in [0.2, 0.25) is 0 Å². The molecule has 0 unspecified atom stereocenters. The Hall–Kier alpha value is -2.69. The van der Waals surface area contributed by atoms with Crippen LogP contribution in [0.4, 0.5) is 13.8 Å². The Morgan fingerprint density at radius 2 is 1.97 bits per heavy atom. The molecule has 168 valence electrons. The van der Waals surface area contributed by atoms with Gasteiger partial charge in [0, 0.05) is 18.0 Å². The van der Waals surface area contributed by atoms with E-state index in [1.165, 1.54) is 17.4 Å². The third kappa shape index (κ3) is 4.17. The number of thiophene rings is 1. The van der Waals surface area contributed by atoms with Gasteiger partial charge in [0.1, 0.15) is 26.5 Å². The highest BCUT2D eigenvalue weighted by Crippen LogP contribution is 2.38. The number of hydrogen-bond acceptors (Lipinski definition) is 7. The molecule has 0 aliphatic carbocycles. The average molecular weight is 478 g/mol. The summed E-state index contributed by atoms with van der Waals surface area (Å²) in [7, 11) is 2.00. The van der Waals surface area contributed by atoms with Crippen molar-refractivity contribution in [3.8, 4) is 10.6 Å². The van der Waals surface area contributed by atoms with Crippen molar-refractivity contribution in [2.75, 3.05) is 25.5 Å². The molecular weight excluding hydrogens is 456 g/mol. The number of aryl methyl sites for hydroxylation is 1. The Morgan fingerprint density at radius 3 is 2.66 bits per heavy atom. The van der Waals surface area contributed by atoms with Crippen LogP contribution in [0.25, 0.3) is 10.6 Å². The zero-order valence-corrected chi connectivity index (χ0v) is 19.4. The third-order valence-corrected chi connectivity index (χ3v) is 7.44. The van der Waals surface area contributed by atoms with Crippen LogP contribution in [0.2, 0.25) is 0 Å². The van der Waals surface area contributed by atoms with Crippen LogP contribution < -0.4 is 5.32 Å². The van der Waals surface area contributed by atoms with Gasteiger partial charge in [0.25, 0.3) is 5.91 Å². The maximum Gasteiger partial charge on any atom is 0.341 e. The molecule has 0 saturated carbocycles. The van der Waals surface area contributed by atoms with Gasteiger partial charge >= 0.3 is 5.97 Å². The minimum absolute atomic E-state index is 0.0842. The molecule has 6 nitrogen and oxygen atoms in total. The fraction of sp³-hybridized carbons (Fsp3) is 0.318. The SMILES string of the molecule is CCOC(=O)c1c(NC(=O)c2sc(-c3c(F)cccc3F)nc2C)sc2c1CCN(C)C2. The number of fused-ring (bicyclic) bond motifs is 1. The molecule has 0 spiro atoms. The van der Waals surface area contributed by atoms with E-state index in [1.807, 2.05) is 7.05 Å². The average Bonchev–Trinajstić information content (AvgIpc) is 3.27. The first-order valence-electron chi connectivity index (χ1n) is 10.0. The second-order valence-corrected chi connectivity index (χ2v) is 9.50. The first kappa shape index (κ1) is 22.5. The zero-order chi connectivity index (χ0) is 23.0. The second-order valence-electron chi connectivity index (χ2n) is 7.40. The predicted molar refractivity (Wildman–Crippen MR) is 120 cm³/mol. The molecule has 1 aromatic carbocycles. The normalized spacial score (nSPS) is 13.7. The summed E-state index contributed by atoms with van der Waals surface area (Å²) in [5.41, 5.74) is 1.37. The van der Waals surface area contributed by atoms with Gasteiger partial charge in [0.15, 0.2) is 0 Å². The molecule has 1 amide bonds. The van der Waals surface area contributed by atoms with Gasteiger partial charge in [-0.3, -0.25) is 4.79 Å². The summed E-state index contributed by atoms with van der Waals surface area (Å²) in [4.78, 5) is 33.3. The van der Waals surface area contributed by atoms with Crippen LogP contribution in [0.5, 0.6) is 0 Å². The lowest BCUT2D eigenvalue weighted by Gasteiger charge is -2.22. The number of anilines is 1. The van der Waals surface area contributed by atoms with E-state index in [2.05, 4.69) is 15.2 Å². The highest BCUT2D eigenvalue weighted by atomic mass is 32.1. The van der Waals surface area contributed by atoms with E-state index >= 15 is 0 Å². The molecule has 3 aromatic rings. The van der Waals surface area contributed by atoms with Crippen molar-refractivity contribution >= 4 is 39.6 Å². The summed E-state index contributed by atoms with van der Waals surface area (Å²) >= 11 is 2.25. The second kappa shape index (κ2) is 9.05. The number of hydrogen-bond donors (Lipinski definition) is 1. The van der Waals surface area contributed by atoms with Gasteiger partial charge in [0.05, 0.1) is 23.4 Å². The first-order valence-corrected chi connectivity index (χ1v) is 11.7. The summed E-state index contributed by atoms with van der Waals surface area (Å²) in [6.45, 7) is 5.04. The lowest BCUT2D eigenvalue weighted by Crippen LogP contribution is -2.26. The van der Waals surface area contributed by atoms with E-state index < -0.39 is 23.5 Å². The lowest BCUT2D eigenvalue weighted by atomic mass is 10.0. The number of ether oxygens (including phenoxy) is 1. The van der Waals surface area contributed by atoms with E-state index in [1.54, 1.807) is 13.8 Å². The number of thiazole rings is 1. The molecule has 1 N–H and O–H groups in total. The number of likely N-dealkylation sites (N-methyl/N-ethyl adjacent to an activating group) is 1. The maximum absolute atomic E-state index is 14.2. The number of esters is 1. The molecular formula is C22H21F2N3O3S2. The molecule has 4 rings (SSSR count). The largest absolute Gasteiger partial charge is 0.462 e. The number of benzene rings is 1. The van der Waals surface area contributed by atoms with Crippen LogP contribution in [0.15, 0.2) is 18.2 Å². The Kier molecular flexibility index (Phi) is 6.36. The monoisotopic (exact) mass is 477 g/mol. The number of nitrogens with zero attached hydrogens (tertiary/aromatic N) is 2. The standard InChI is InChI=1S/C22H21F2N3O3S2/c1-4-30-22(29)16-12-8-9-27(3)10-15(12)31-20(16)26-19(28)18-11(2)25-21(32-18)17-13(23)6-5-7-14(17)24/h5-7H,4,8-10H2,1-3H3,(H,26,28). The van der Waals surface area contributed by atoms with Crippen LogP contribution in [0.1, 0.15) is 43.1 Å². The summed E-state index contributed by atoms with van der Waals surface area (Å²) in [6, 6.07) is 3.57. The lowest BCUT2D eigenvalue weighted by molar-refractivity contribution is 0.0526. The number of carbonyl (C=O) groups excluding carboxylic acids is 2. The van der Waals surface area contributed by atoms with Gasteiger partial charge in [-0.15, -0.1) is 22.7 Å². The molecule has 0 saturated heterocycles. The number of halogens is 2. The van der Waals surface area contributed by atoms with E-state index in [4.69, 9.17) is 4.74 Å². The summed E-state index contributed by atoms with van der Waals surface area (Å²) in [5.74, 6) is -2.45. The zero-order valence-electron chi connectivity index (χ0n) is 17.8. The quantitative estimate of drug-likeness (QED) is 0.531. The fourth-order valence-corrected chi connectivity index (χ4v) is 5.94. The molecule has 0 radical (unpaired) electrons. The third-order valence-electron chi connectivity index (χ3n) is 5.13. The summed E-state index contributed by atoms with van der Waals surface area (Å²) in [6.07, 6.45) is 0.683. The van der Waals surface area contributed by atoms with Gasteiger partial charge < -0.3 is 15.0 Å². The molecule has 10 heteroatoms. The van der Waals surface area contributed by atoms with E-state index in [0.29, 0.717) is 29.2 Å². The highest BCUT2D eigenvalue weighted by Gasteiger charge is 2.29. The number of aromatic nitrogens is 1. The molecule has 0 bridgehead atoms. The molecule has 3 heterocycles. The van der Waals surface area contributed by atoms with Crippen LogP contribution in [0, 0.1) is 18.6 Å². The topological polar surface area (TPSA) is 71.5 Å². The van der Waals surface area contributed by atoms with Crippen molar-refractivity contribution < 1.29 is 23.1 Å². The van der Waals surface area contributed by atoms with Gasteiger partial charge in [-0.2, -0.15) is 0 Å². The van der Waals surface area contributed by atoms with Crippen LogP contribution >= 0.6 is 22.7 Å². The molecule has 0 atom stereocenters. The Morgan fingerprint density at radius 1 is 1.25 bits per heavy atom. The van der Waals surface area contributed by atoms with E-state index in [0.717, 1.165) is 40.5 Å². The van der Waals surface area contributed by atoms with Crippen molar-refractivity contribution in [3.05, 3.63) is 56.4 Å². The molecule has 1 aliphatic rings. The predicted octanol–water partition coefficient (Wildman–Crippen LogP) is 4.88. The number of rotatable bonds is 5. The van der Waals surface area contributed by atoms with Crippen LogP contribution in [-0.2, 0) is 17.7 Å². The molecule has 32 heavy (non-hydrogen) atoms. The molecule has 0 fully saturated rings. The minimum Gasteiger partial charge on any atom is -0.462 e. The summed E-state index contributed by atoms with van der Waals surface area (Å²) < 4.78 is 33.6. The van der Waals surface area contributed by atoms with Gasteiger partial charge in [-0.1, -0.05) is 6.07 Å². The van der Waals surface area contributed by atoms with Crippen molar-refractivity contribution in [1.29, 1.82) is 0 Å². The van der Waals surface area contributed by atoms with Crippen LogP contribution in [-0.4, -0.2) is 42.0 Å². The first-order chi connectivity index (χ1) is 15.3. The van der Waals surface area contributed by atoms with Crippen molar-refractivity contribution in [2.45, 2.75) is 26.8 Å².